The molecule has 0 aromatic heterocycles. The Morgan fingerprint density at radius 3 is 2.53 bits per heavy atom. The Morgan fingerprint density at radius 2 is 2.00 bits per heavy atom. The number of amides is 1. The fourth-order valence-corrected chi connectivity index (χ4v) is 2.00. The molecule has 0 aromatic carbocycles. The first kappa shape index (κ1) is 12.5. The molecule has 4 heteroatoms. The Bertz CT molecular complexity index is 199. The minimum atomic E-state index is 0.116. The van der Waals surface area contributed by atoms with Gasteiger partial charge < -0.3 is 15.0 Å². The smallest absolute Gasteiger partial charge is 0.249 e. The average Bonchev–Trinajstić information content (AvgIpc) is 2.18. The van der Waals surface area contributed by atoms with E-state index in [2.05, 4.69) is 19.2 Å². The number of hydrogen-bond donors (Lipinski definition) is 1. The standard InChI is InChI=1S/C11H22N2O2/c1-4-5-15-8-11(14)13-9(2)6-12-7-10(13)3/h9-10,12H,4-8H2,1-3H3. The molecule has 1 heterocycles. The van der Waals surface area contributed by atoms with E-state index in [1.54, 1.807) is 0 Å². The summed E-state index contributed by atoms with van der Waals surface area (Å²) < 4.78 is 5.28. The summed E-state index contributed by atoms with van der Waals surface area (Å²) >= 11 is 0. The summed E-state index contributed by atoms with van der Waals surface area (Å²) in [4.78, 5) is 13.8. The monoisotopic (exact) mass is 214 g/mol. The van der Waals surface area contributed by atoms with Gasteiger partial charge in [-0.05, 0) is 20.3 Å². The van der Waals surface area contributed by atoms with Gasteiger partial charge in [0, 0.05) is 31.8 Å². The van der Waals surface area contributed by atoms with Crippen LogP contribution in [0, 0.1) is 0 Å². The predicted octanol–water partition coefficient (Wildman–Crippen LogP) is 0.622. The van der Waals surface area contributed by atoms with Gasteiger partial charge in [0.25, 0.3) is 0 Å². The summed E-state index contributed by atoms with van der Waals surface area (Å²) in [6.07, 6.45) is 0.958. The number of hydrogen-bond acceptors (Lipinski definition) is 3. The van der Waals surface area contributed by atoms with Crippen molar-refractivity contribution in [2.45, 2.75) is 39.3 Å². The third-order valence-electron chi connectivity index (χ3n) is 2.69. The first-order valence-corrected chi connectivity index (χ1v) is 5.76. The molecule has 0 saturated carbocycles. The Balaban J connectivity index is 2.41. The molecular formula is C11H22N2O2. The van der Waals surface area contributed by atoms with Crippen LogP contribution in [0.1, 0.15) is 27.2 Å². The maximum atomic E-state index is 11.9. The summed E-state index contributed by atoms with van der Waals surface area (Å²) in [7, 11) is 0. The predicted molar refractivity (Wildman–Crippen MR) is 59.7 cm³/mol. The van der Waals surface area contributed by atoms with E-state index in [1.807, 2.05) is 11.8 Å². The fraction of sp³-hybridized carbons (Fsp3) is 0.909. The Labute approximate surface area is 92.0 Å². The van der Waals surface area contributed by atoms with Crippen molar-refractivity contribution >= 4 is 5.91 Å². The third-order valence-corrected chi connectivity index (χ3v) is 2.69. The van der Waals surface area contributed by atoms with Gasteiger partial charge >= 0.3 is 0 Å². The highest BCUT2D eigenvalue weighted by molar-refractivity contribution is 5.78. The Morgan fingerprint density at radius 1 is 1.40 bits per heavy atom. The van der Waals surface area contributed by atoms with Gasteiger partial charge in [0.05, 0.1) is 0 Å². The molecule has 88 valence electrons. The maximum Gasteiger partial charge on any atom is 0.249 e. The molecule has 0 aromatic rings. The topological polar surface area (TPSA) is 41.6 Å². The Kier molecular flexibility index (Phi) is 5.05. The molecule has 1 aliphatic heterocycles. The van der Waals surface area contributed by atoms with Crippen molar-refractivity contribution in [2.75, 3.05) is 26.3 Å². The zero-order valence-corrected chi connectivity index (χ0v) is 9.95. The number of piperazine rings is 1. The van der Waals surface area contributed by atoms with Crippen molar-refractivity contribution < 1.29 is 9.53 Å². The van der Waals surface area contributed by atoms with Crippen molar-refractivity contribution in [2.24, 2.45) is 0 Å². The molecule has 1 rings (SSSR count). The molecule has 1 saturated heterocycles. The summed E-state index contributed by atoms with van der Waals surface area (Å²) in [6.45, 7) is 8.83. The van der Waals surface area contributed by atoms with E-state index in [0.29, 0.717) is 6.61 Å². The summed E-state index contributed by atoms with van der Waals surface area (Å²) in [5.41, 5.74) is 0. The van der Waals surface area contributed by atoms with Crippen LogP contribution in [0.2, 0.25) is 0 Å². The van der Waals surface area contributed by atoms with Crippen LogP contribution in [-0.2, 0) is 9.53 Å². The zero-order chi connectivity index (χ0) is 11.3. The van der Waals surface area contributed by atoms with Crippen molar-refractivity contribution in [3.63, 3.8) is 0 Å². The number of ether oxygens (including phenoxy) is 1. The molecule has 0 spiro atoms. The van der Waals surface area contributed by atoms with Gasteiger partial charge in [-0.15, -0.1) is 0 Å². The van der Waals surface area contributed by atoms with Gasteiger partial charge in [0.2, 0.25) is 5.91 Å². The van der Waals surface area contributed by atoms with Crippen LogP contribution < -0.4 is 5.32 Å². The van der Waals surface area contributed by atoms with Crippen LogP contribution in [0.3, 0.4) is 0 Å². The van der Waals surface area contributed by atoms with Crippen molar-refractivity contribution in [3.05, 3.63) is 0 Å². The molecule has 1 N–H and O–H groups in total. The van der Waals surface area contributed by atoms with E-state index in [0.717, 1.165) is 19.5 Å². The minimum absolute atomic E-state index is 0.116. The molecule has 2 unspecified atom stereocenters. The van der Waals surface area contributed by atoms with E-state index < -0.39 is 0 Å². The van der Waals surface area contributed by atoms with Gasteiger partial charge in [0.1, 0.15) is 6.61 Å². The highest BCUT2D eigenvalue weighted by Crippen LogP contribution is 2.09. The molecular weight excluding hydrogens is 192 g/mol. The SMILES string of the molecule is CCCOCC(=O)N1C(C)CNCC1C. The molecule has 0 aliphatic carbocycles. The number of nitrogens with zero attached hydrogens (tertiary/aromatic N) is 1. The van der Waals surface area contributed by atoms with Crippen LogP contribution in [-0.4, -0.2) is 49.2 Å². The molecule has 0 radical (unpaired) electrons. The van der Waals surface area contributed by atoms with Crippen LogP contribution >= 0.6 is 0 Å². The van der Waals surface area contributed by atoms with E-state index >= 15 is 0 Å². The van der Waals surface area contributed by atoms with E-state index in [9.17, 15) is 4.79 Å². The van der Waals surface area contributed by atoms with E-state index in [4.69, 9.17) is 4.74 Å². The normalized spacial score (nSPS) is 26.7. The fourth-order valence-electron chi connectivity index (χ4n) is 2.00. The number of carbonyl (C=O) groups excluding carboxylic acids is 1. The molecule has 1 amide bonds. The van der Waals surface area contributed by atoms with Crippen LogP contribution in [0.4, 0.5) is 0 Å². The second-order valence-corrected chi connectivity index (χ2v) is 4.21. The minimum Gasteiger partial charge on any atom is -0.372 e. The van der Waals surface area contributed by atoms with Crippen LogP contribution in [0.25, 0.3) is 0 Å². The number of rotatable bonds is 4. The van der Waals surface area contributed by atoms with Crippen molar-refractivity contribution in [1.82, 2.24) is 10.2 Å². The molecule has 4 nitrogen and oxygen atoms in total. The first-order chi connectivity index (χ1) is 7.16. The maximum absolute atomic E-state index is 11.9. The second-order valence-electron chi connectivity index (χ2n) is 4.21. The lowest BCUT2D eigenvalue weighted by atomic mass is 10.1. The highest BCUT2D eigenvalue weighted by atomic mass is 16.5. The quantitative estimate of drug-likeness (QED) is 0.698. The molecule has 15 heavy (non-hydrogen) atoms. The van der Waals surface area contributed by atoms with Crippen LogP contribution in [0.15, 0.2) is 0 Å². The van der Waals surface area contributed by atoms with Gasteiger partial charge in [-0.2, -0.15) is 0 Å². The van der Waals surface area contributed by atoms with Crippen molar-refractivity contribution in [3.8, 4) is 0 Å². The van der Waals surface area contributed by atoms with Gasteiger partial charge in [0.15, 0.2) is 0 Å². The zero-order valence-electron chi connectivity index (χ0n) is 9.95. The third kappa shape index (κ3) is 3.47. The average molecular weight is 214 g/mol. The van der Waals surface area contributed by atoms with Crippen molar-refractivity contribution in [1.29, 1.82) is 0 Å². The highest BCUT2D eigenvalue weighted by Gasteiger charge is 2.28. The molecule has 2 atom stereocenters. The lowest BCUT2D eigenvalue weighted by molar-refractivity contribution is -0.141. The first-order valence-electron chi connectivity index (χ1n) is 5.76. The lowest BCUT2D eigenvalue weighted by Crippen LogP contribution is -2.58. The van der Waals surface area contributed by atoms with E-state index in [-0.39, 0.29) is 24.6 Å². The van der Waals surface area contributed by atoms with Gasteiger partial charge in [-0.3, -0.25) is 4.79 Å². The second kappa shape index (κ2) is 6.08. The molecule has 1 fully saturated rings. The summed E-state index contributed by atoms with van der Waals surface area (Å²) in [5.74, 6) is 0.116. The van der Waals surface area contributed by atoms with Gasteiger partial charge in [-0.25, -0.2) is 0 Å². The Hall–Kier alpha value is -0.610. The molecule has 0 bridgehead atoms. The van der Waals surface area contributed by atoms with Crippen LogP contribution in [0.5, 0.6) is 0 Å². The number of nitrogens with one attached hydrogen (secondary N) is 1. The van der Waals surface area contributed by atoms with Gasteiger partial charge in [-0.1, -0.05) is 6.92 Å². The number of carbonyl (C=O) groups is 1. The summed E-state index contributed by atoms with van der Waals surface area (Å²) in [6, 6.07) is 0.540. The largest absolute Gasteiger partial charge is 0.372 e. The summed E-state index contributed by atoms with van der Waals surface area (Å²) in [5, 5.41) is 3.30. The lowest BCUT2D eigenvalue weighted by Gasteiger charge is -2.39. The molecule has 1 aliphatic rings. The van der Waals surface area contributed by atoms with E-state index in [1.165, 1.54) is 0 Å².